The van der Waals surface area contributed by atoms with Gasteiger partial charge in [-0.25, -0.2) is 0 Å². The van der Waals surface area contributed by atoms with Crippen LogP contribution in [0.5, 0.6) is 23.0 Å². The highest BCUT2D eigenvalue weighted by Gasteiger charge is 2.13. The summed E-state index contributed by atoms with van der Waals surface area (Å²) in [5.74, 6) is 0.548. The Morgan fingerprint density at radius 2 is 1.79 bits per heavy atom. The third-order valence-electron chi connectivity index (χ3n) is 3.76. The van der Waals surface area contributed by atoms with E-state index in [2.05, 4.69) is 10.1 Å². The molecule has 0 saturated heterocycles. The number of benzene rings is 2. The van der Waals surface area contributed by atoms with Crippen molar-refractivity contribution in [3.8, 4) is 29.1 Å². The van der Waals surface area contributed by atoms with Crippen LogP contribution in [-0.2, 0) is 4.79 Å². The summed E-state index contributed by atoms with van der Waals surface area (Å²) in [7, 11) is 2.80. The molecule has 2 aromatic carbocycles. The van der Waals surface area contributed by atoms with Gasteiger partial charge in [0.05, 0.1) is 32.5 Å². The van der Waals surface area contributed by atoms with Crippen LogP contribution in [0.2, 0.25) is 0 Å². The third-order valence-corrected chi connectivity index (χ3v) is 3.76. The molecule has 0 atom stereocenters. The second-order valence-corrected chi connectivity index (χ2v) is 5.72. The zero-order valence-corrected chi connectivity index (χ0v) is 15.9. The van der Waals surface area contributed by atoms with Crippen LogP contribution in [0.1, 0.15) is 18.4 Å². The molecule has 2 rings (SSSR count). The lowest BCUT2D eigenvalue weighted by Gasteiger charge is -2.13. The second kappa shape index (κ2) is 10.7. The van der Waals surface area contributed by atoms with Crippen molar-refractivity contribution < 1.29 is 32.5 Å². The average Bonchev–Trinajstić information content (AvgIpc) is 2.71. The zero-order chi connectivity index (χ0) is 21.2. The second-order valence-electron chi connectivity index (χ2n) is 5.72. The number of hydrogen-bond acceptors (Lipinski definition) is 6. The number of hydrogen-bond donors (Lipinski definition) is 1. The van der Waals surface area contributed by atoms with Gasteiger partial charge in [-0.3, -0.25) is 4.79 Å². The van der Waals surface area contributed by atoms with Gasteiger partial charge in [-0.05, 0) is 30.7 Å². The largest absolute Gasteiger partial charge is 0.493 e. The first-order valence-corrected chi connectivity index (χ1v) is 8.60. The molecular weight excluding hydrogens is 386 g/mol. The van der Waals surface area contributed by atoms with Crippen molar-refractivity contribution in [1.82, 2.24) is 0 Å². The minimum Gasteiger partial charge on any atom is -0.493 e. The van der Waals surface area contributed by atoms with Crippen molar-refractivity contribution in [2.45, 2.75) is 19.5 Å². The first-order valence-electron chi connectivity index (χ1n) is 8.60. The summed E-state index contributed by atoms with van der Waals surface area (Å²) in [4.78, 5) is 12.1. The fourth-order valence-electron chi connectivity index (χ4n) is 2.44. The Kier molecular flexibility index (Phi) is 8.03. The van der Waals surface area contributed by atoms with E-state index in [0.29, 0.717) is 29.2 Å². The Balaban J connectivity index is 1.85. The molecule has 7 nitrogen and oxygen atoms in total. The molecule has 0 aromatic heterocycles. The van der Waals surface area contributed by atoms with Gasteiger partial charge in [0.1, 0.15) is 0 Å². The van der Waals surface area contributed by atoms with Gasteiger partial charge in [-0.1, -0.05) is 0 Å². The number of carbonyl (C=O) groups is 1. The van der Waals surface area contributed by atoms with Crippen molar-refractivity contribution in [2.75, 3.05) is 26.1 Å². The van der Waals surface area contributed by atoms with Crippen LogP contribution in [0.4, 0.5) is 14.5 Å². The van der Waals surface area contributed by atoms with Crippen molar-refractivity contribution in [1.29, 1.82) is 5.26 Å². The van der Waals surface area contributed by atoms with E-state index in [1.54, 1.807) is 18.2 Å². The fraction of sp³-hybridized carbons (Fsp3) is 0.300. The highest BCUT2D eigenvalue weighted by Crippen LogP contribution is 2.31. The molecule has 0 aliphatic rings. The third kappa shape index (κ3) is 6.53. The number of ether oxygens (including phenoxy) is 4. The van der Waals surface area contributed by atoms with Crippen LogP contribution in [-0.4, -0.2) is 33.3 Å². The molecule has 0 spiro atoms. The maximum Gasteiger partial charge on any atom is 0.387 e. The van der Waals surface area contributed by atoms with Crippen LogP contribution < -0.4 is 24.3 Å². The lowest BCUT2D eigenvalue weighted by atomic mass is 10.2. The molecule has 154 valence electrons. The van der Waals surface area contributed by atoms with Crippen molar-refractivity contribution >= 4 is 11.6 Å². The van der Waals surface area contributed by atoms with Crippen molar-refractivity contribution in [3.05, 3.63) is 42.0 Å². The Morgan fingerprint density at radius 3 is 2.45 bits per heavy atom. The molecule has 0 aliphatic carbocycles. The number of anilines is 1. The van der Waals surface area contributed by atoms with Gasteiger partial charge in [-0.15, -0.1) is 0 Å². The molecule has 1 N–H and O–H groups in total. The Morgan fingerprint density at radius 1 is 1.07 bits per heavy atom. The van der Waals surface area contributed by atoms with E-state index < -0.39 is 6.61 Å². The summed E-state index contributed by atoms with van der Waals surface area (Å²) in [6.45, 7) is -2.76. The summed E-state index contributed by atoms with van der Waals surface area (Å²) in [5.41, 5.74) is 0.754. The summed E-state index contributed by atoms with van der Waals surface area (Å²) >= 11 is 0. The lowest BCUT2D eigenvalue weighted by Crippen LogP contribution is -2.13. The number of methoxy groups -OCH3 is 2. The highest BCUT2D eigenvalue weighted by molar-refractivity contribution is 5.91. The van der Waals surface area contributed by atoms with Crippen LogP contribution in [0, 0.1) is 11.3 Å². The molecular formula is C20H20F2N2O5. The number of nitrogens with one attached hydrogen (secondary N) is 1. The van der Waals surface area contributed by atoms with E-state index in [9.17, 15) is 13.6 Å². The summed E-state index contributed by atoms with van der Waals surface area (Å²) in [6.07, 6.45) is 0.557. The predicted molar refractivity (Wildman–Crippen MR) is 101 cm³/mol. The molecule has 0 saturated carbocycles. The molecule has 9 heteroatoms. The quantitative estimate of drug-likeness (QED) is 0.601. The number of carbonyl (C=O) groups excluding carboxylic acids is 1. The first-order chi connectivity index (χ1) is 14.0. The van der Waals surface area contributed by atoms with Gasteiger partial charge in [-0.2, -0.15) is 14.0 Å². The average molecular weight is 406 g/mol. The Labute approximate surface area is 166 Å². The molecule has 0 unspecified atom stereocenters. The van der Waals surface area contributed by atoms with Crippen LogP contribution in [0.3, 0.4) is 0 Å². The van der Waals surface area contributed by atoms with Gasteiger partial charge in [0.25, 0.3) is 0 Å². The normalized spacial score (nSPS) is 10.2. The number of alkyl halides is 2. The SMILES string of the molecule is COc1cc(C#N)ccc1OCCCC(=O)Nc1ccc(OC)c(OC(F)F)c1. The van der Waals surface area contributed by atoms with Crippen LogP contribution >= 0.6 is 0 Å². The Bertz CT molecular complexity index is 884. The highest BCUT2D eigenvalue weighted by atomic mass is 19.3. The molecule has 0 bridgehead atoms. The molecule has 0 heterocycles. The summed E-state index contributed by atoms with van der Waals surface area (Å²) in [5, 5.41) is 11.5. The van der Waals surface area contributed by atoms with Gasteiger partial charge in [0, 0.05) is 24.2 Å². The van der Waals surface area contributed by atoms with Gasteiger partial charge in [0.15, 0.2) is 23.0 Å². The van der Waals surface area contributed by atoms with Gasteiger partial charge in [0.2, 0.25) is 5.91 Å². The minimum atomic E-state index is -3.01. The standard InChI is InChI=1S/C20H20F2N2O5/c1-26-15-8-6-14(11-18(15)29-20(21)22)24-19(25)4-3-9-28-16-7-5-13(12-23)10-17(16)27-2/h5-8,10-11,20H,3-4,9H2,1-2H3,(H,24,25). The molecule has 29 heavy (non-hydrogen) atoms. The maximum atomic E-state index is 12.5. The van der Waals surface area contributed by atoms with E-state index in [-0.39, 0.29) is 30.4 Å². The smallest absolute Gasteiger partial charge is 0.387 e. The Hall–Kier alpha value is -3.54. The van der Waals surface area contributed by atoms with E-state index >= 15 is 0 Å². The van der Waals surface area contributed by atoms with Crippen molar-refractivity contribution in [3.63, 3.8) is 0 Å². The number of nitriles is 1. The fourth-order valence-corrected chi connectivity index (χ4v) is 2.44. The summed E-state index contributed by atoms with van der Waals surface area (Å²) < 4.78 is 45.0. The monoisotopic (exact) mass is 406 g/mol. The molecule has 1 amide bonds. The van der Waals surface area contributed by atoms with E-state index in [1.165, 1.54) is 32.4 Å². The molecule has 0 fully saturated rings. The van der Waals surface area contributed by atoms with Gasteiger partial charge < -0.3 is 24.3 Å². The number of halogens is 2. The summed E-state index contributed by atoms with van der Waals surface area (Å²) in [6, 6.07) is 11.0. The molecule has 0 radical (unpaired) electrons. The number of nitrogens with zero attached hydrogens (tertiary/aromatic N) is 1. The van der Waals surface area contributed by atoms with E-state index in [1.807, 2.05) is 6.07 Å². The molecule has 2 aromatic rings. The number of amides is 1. The van der Waals surface area contributed by atoms with Crippen LogP contribution in [0.15, 0.2) is 36.4 Å². The molecule has 0 aliphatic heterocycles. The zero-order valence-electron chi connectivity index (χ0n) is 15.9. The van der Waals surface area contributed by atoms with Gasteiger partial charge >= 0.3 is 6.61 Å². The topological polar surface area (TPSA) is 89.8 Å². The van der Waals surface area contributed by atoms with Crippen LogP contribution in [0.25, 0.3) is 0 Å². The lowest BCUT2D eigenvalue weighted by molar-refractivity contribution is -0.116. The first kappa shape index (κ1) is 21.8. The van der Waals surface area contributed by atoms with E-state index in [0.717, 1.165) is 0 Å². The number of rotatable bonds is 10. The minimum absolute atomic E-state index is 0.132. The van der Waals surface area contributed by atoms with Crippen molar-refractivity contribution in [2.24, 2.45) is 0 Å². The maximum absolute atomic E-state index is 12.5. The predicted octanol–water partition coefficient (Wildman–Crippen LogP) is 3.97. The van der Waals surface area contributed by atoms with E-state index in [4.69, 9.17) is 19.5 Å².